The summed E-state index contributed by atoms with van der Waals surface area (Å²) in [5.41, 5.74) is 0. The molecule has 0 saturated heterocycles. The first-order valence-corrected chi connectivity index (χ1v) is 8.33. The molecular weight excluding hydrogens is 258 g/mol. The molecule has 3 rings (SSSR count). The summed E-state index contributed by atoms with van der Waals surface area (Å²) < 4.78 is 2.03. The van der Waals surface area contributed by atoms with E-state index in [4.69, 9.17) is 0 Å². The molecule has 0 aromatic carbocycles. The van der Waals surface area contributed by atoms with Crippen molar-refractivity contribution in [2.45, 2.75) is 68.4 Å². The minimum Gasteiger partial charge on any atom is -0.313 e. The van der Waals surface area contributed by atoms with Crippen LogP contribution in [-0.4, -0.2) is 38.0 Å². The molecule has 1 heterocycles. The highest BCUT2D eigenvalue weighted by atomic mass is 32.2. The van der Waals surface area contributed by atoms with E-state index in [-0.39, 0.29) is 0 Å². The molecule has 1 N–H and O–H groups in total. The van der Waals surface area contributed by atoms with E-state index in [1.807, 2.05) is 16.4 Å². The molecule has 6 heteroatoms. The van der Waals surface area contributed by atoms with Crippen LogP contribution in [0.5, 0.6) is 0 Å². The van der Waals surface area contributed by atoms with E-state index >= 15 is 0 Å². The zero-order chi connectivity index (χ0) is 13.2. The van der Waals surface area contributed by atoms with Gasteiger partial charge in [0, 0.05) is 11.3 Å². The molecule has 0 radical (unpaired) electrons. The summed E-state index contributed by atoms with van der Waals surface area (Å²) in [6.45, 7) is 5.59. The average molecular weight is 281 g/mol. The van der Waals surface area contributed by atoms with Crippen molar-refractivity contribution in [3.63, 3.8) is 0 Å². The molecule has 19 heavy (non-hydrogen) atoms. The lowest BCUT2D eigenvalue weighted by Crippen LogP contribution is -2.42. The smallest absolute Gasteiger partial charge is 0.209 e. The van der Waals surface area contributed by atoms with Gasteiger partial charge in [0.05, 0.1) is 6.04 Å². The first-order valence-electron chi connectivity index (χ1n) is 7.45. The number of hydrogen-bond acceptors (Lipinski definition) is 5. The molecule has 0 amide bonds. The number of thioether (sulfide) groups is 1. The molecule has 2 saturated carbocycles. The van der Waals surface area contributed by atoms with Gasteiger partial charge in [-0.05, 0) is 55.0 Å². The van der Waals surface area contributed by atoms with Gasteiger partial charge in [-0.3, -0.25) is 0 Å². The van der Waals surface area contributed by atoms with Crippen molar-refractivity contribution in [3.8, 4) is 0 Å². The van der Waals surface area contributed by atoms with Crippen LogP contribution in [-0.2, 0) is 0 Å². The summed E-state index contributed by atoms with van der Waals surface area (Å²) in [4.78, 5) is 0. The predicted molar refractivity (Wildman–Crippen MR) is 76.2 cm³/mol. The summed E-state index contributed by atoms with van der Waals surface area (Å²) in [7, 11) is 0. The largest absolute Gasteiger partial charge is 0.313 e. The van der Waals surface area contributed by atoms with Gasteiger partial charge in [-0.25, -0.2) is 4.68 Å². The Kier molecular flexibility index (Phi) is 4.07. The lowest BCUT2D eigenvalue weighted by atomic mass is 9.87. The Hall–Kier alpha value is -0.620. The summed E-state index contributed by atoms with van der Waals surface area (Å²) in [6, 6.07) is 1.17. The number of nitrogens with zero attached hydrogens (tertiary/aromatic N) is 4. The fourth-order valence-corrected chi connectivity index (χ4v) is 4.37. The summed E-state index contributed by atoms with van der Waals surface area (Å²) in [6.07, 6.45) is 6.34. The third kappa shape index (κ3) is 3.11. The van der Waals surface area contributed by atoms with Crippen LogP contribution < -0.4 is 5.32 Å². The minimum atomic E-state index is 0.566. The van der Waals surface area contributed by atoms with Gasteiger partial charge in [0.2, 0.25) is 5.16 Å². The van der Waals surface area contributed by atoms with Crippen LogP contribution in [0.3, 0.4) is 0 Å². The van der Waals surface area contributed by atoms with Gasteiger partial charge >= 0.3 is 0 Å². The van der Waals surface area contributed by atoms with Crippen LogP contribution in [0.25, 0.3) is 0 Å². The van der Waals surface area contributed by atoms with E-state index in [1.54, 1.807) is 0 Å². The number of aromatic nitrogens is 4. The van der Waals surface area contributed by atoms with Crippen LogP contribution in [0.2, 0.25) is 0 Å². The molecule has 2 aliphatic rings. The quantitative estimate of drug-likeness (QED) is 0.897. The lowest BCUT2D eigenvalue weighted by molar-refractivity contribution is 0.320. The van der Waals surface area contributed by atoms with E-state index in [0.29, 0.717) is 17.3 Å². The Balaban J connectivity index is 1.69. The van der Waals surface area contributed by atoms with Crippen LogP contribution >= 0.6 is 11.8 Å². The van der Waals surface area contributed by atoms with Crippen molar-refractivity contribution in [2.24, 2.45) is 5.92 Å². The molecule has 106 valence electrons. The van der Waals surface area contributed by atoms with Gasteiger partial charge < -0.3 is 5.32 Å². The fourth-order valence-electron chi connectivity index (χ4n) is 2.90. The first-order chi connectivity index (χ1) is 9.28. The molecule has 2 fully saturated rings. The molecule has 0 spiro atoms. The van der Waals surface area contributed by atoms with Crippen molar-refractivity contribution in [1.82, 2.24) is 25.5 Å². The fraction of sp³-hybridized carbons (Fsp3) is 0.923. The lowest BCUT2D eigenvalue weighted by Gasteiger charge is -2.34. The highest BCUT2D eigenvalue weighted by molar-refractivity contribution is 7.99. The maximum Gasteiger partial charge on any atom is 0.209 e. The van der Waals surface area contributed by atoms with Crippen molar-refractivity contribution < 1.29 is 0 Å². The Morgan fingerprint density at radius 3 is 2.89 bits per heavy atom. The SMILES string of the molecule is CCNC1CCC(C)CC1Sc1nnnn1C1CC1. The normalized spacial score (nSPS) is 31.6. The summed E-state index contributed by atoms with van der Waals surface area (Å²) in [5.74, 6) is 0.817. The Morgan fingerprint density at radius 2 is 2.16 bits per heavy atom. The van der Waals surface area contributed by atoms with Crippen molar-refractivity contribution >= 4 is 11.8 Å². The van der Waals surface area contributed by atoms with E-state index in [1.165, 1.54) is 32.1 Å². The van der Waals surface area contributed by atoms with Crippen LogP contribution in [0.4, 0.5) is 0 Å². The van der Waals surface area contributed by atoms with Crippen molar-refractivity contribution in [2.75, 3.05) is 6.54 Å². The Morgan fingerprint density at radius 1 is 1.32 bits per heavy atom. The van der Waals surface area contributed by atoms with E-state index in [0.717, 1.165) is 17.6 Å². The van der Waals surface area contributed by atoms with E-state index in [9.17, 15) is 0 Å². The number of hydrogen-bond donors (Lipinski definition) is 1. The molecule has 3 atom stereocenters. The van der Waals surface area contributed by atoms with Gasteiger partial charge in [0.25, 0.3) is 0 Å². The van der Waals surface area contributed by atoms with Gasteiger partial charge in [-0.15, -0.1) is 5.10 Å². The highest BCUT2D eigenvalue weighted by Crippen LogP contribution is 2.40. The molecule has 5 nitrogen and oxygen atoms in total. The second kappa shape index (κ2) is 5.79. The van der Waals surface area contributed by atoms with Crippen molar-refractivity contribution in [3.05, 3.63) is 0 Å². The van der Waals surface area contributed by atoms with Gasteiger partial charge in [-0.1, -0.05) is 25.6 Å². The Labute approximate surface area is 118 Å². The maximum atomic E-state index is 4.23. The van der Waals surface area contributed by atoms with E-state index in [2.05, 4.69) is 34.7 Å². The number of rotatable bonds is 5. The monoisotopic (exact) mass is 281 g/mol. The minimum absolute atomic E-state index is 0.566. The topological polar surface area (TPSA) is 55.6 Å². The van der Waals surface area contributed by atoms with Gasteiger partial charge in [0.1, 0.15) is 0 Å². The molecule has 2 aliphatic carbocycles. The first kappa shape index (κ1) is 13.4. The third-order valence-corrected chi connectivity index (χ3v) is 5.44. The molecule has 3 unspecified atom stereocenters. The van der Waals surface area contributed by atoms with Crippen LogP contribution in [0.15, 0.2) is 5.16 Å². The summed E-state index contributed by atoms with van der Waals surface area (Å²) in [5, 5.41) is 17.5. The second-order valence-corrected chi connectivity index (χ2v) is 7.08. The zero-order valence-corrected chi connectivity index (χ0v) is 12.6. The summed E-state index contributed by atoms with van der Waals surface area (Å²) >= 11 is 1.88. The molecule has 0 bridgehead atoms. The number of nitrogens with one attached hydrogen (secondary N) is 1. The third-order valence-electron chi connectivity index (χ3n) is 4.13. The average Bonchev–Trinajstić information content (AvgIpc) is 3.14. The highest BCUT2D eigenvalue weighted by Gasteiger charge is 2.33. The van der Waals surface area contributed by atoms with Crippen LogP contribution in [0, 0.1) is 5.92 Å². The predicted octanol–water partition coefficient (Wildman–Crippen LogP) is 2.27. The standard InChI is InChI=1S/C13H23N5S/c1-3-14-11-7-4-9(2)8-12(11)19-13-15-16-17-18(13)10-5-6-10/h9-12,14H,3-8H2,1-2H3. The second-order valence-electron chi connectivity index (χ2n) is 5.88. The number of tetrazole rings is 1. The molecular formula is C13H23N5S. The van der Waals surface area contributed by atoms with Gasteiger partial charge in [-0.2, -0.15) is 0 Å². The maximum absolute atomic E-state index is 4.23. The van der Waals surface area contributed by atoms with Crippen LogP contribution in [0.1, 0.15) is 52.0 Å². The molecule has 1 aromatic rings. The Bertz CT molecular complexity index is 417. The zero-order valence-electron chi connectivity index (χ0n) is 11.7. The van der Waals surface area contributed by atoms with Crippen molar-refractivity contribution in [1.29, 1.82) is 0 Å². The van der Waals surface area contributed by atoms with E-state index < -0.39 is 0 Å². The molecule has 0 aliphatic heterocycles. The van der Waals surface area contributed by atoms with Gasteiger partial charge in [0.15, 0.2) is 0 Å². The molecule has 1 aromatic heterocycles.